The highest BCUT2D eigenvalue weighted by Crippen LogP contribution is 2.32. The summed E-state index contributed by atoms with van der Waals surface area (Å²) >= 11 is 0. The Labute approximate surface area is 157 Å². The molecule has 2 aliphatic rings. The van der Waals surface area contributed by atoms with Crippen molar-refractivity contribution < 1.29 is 19.1 Å². The Kier molecular flexibility index (Phi) is 4.37. The number of aromatic amines is 1. The molecule has 1 fully saturated rings. The number of carbonyl (C=O) groups is 3. The number of urea groups is 1. The molecule has 2 N–H and O–H groups in total. The summed E-state index contributed by atoms with van der Waals surface area (Å²) in [6, 6.07) is 4.98. The molecule has 27 heavy (non-hydrogen) atoms. The van der Waals surface area contributed by atoms with Gasteiger partial charge in [-0.05, 0) is 55.9 Å². The normalized spacial score (nSPS) is 20.3. The molecular weight excluding hydrogens is 346 g/mol. The molecule has 7 nitrogen and oxygen atoms in total. The monoisotopic (exact) mass is 369 g/mol. The Morgan fingerprint density at radius 2 is 2.15 bits per heavy atom. The molecule has 2 atom stereocenters. The average Bonchev–Trinajstić information content (AvgIpc) is 3.23. The molecule has 1 aliphatic heterocycles. The van der Waals surface area contributed by atoms with E-state index in [9.17, 15) is 14.4 Å². The van der Waals surface area contributed by atoms with Gasteiger partial charge in [0.05, 0.1) is 5.56 Å². The number of aryl methyl sites for hydroxylation is 1. The number of nitrogens with zero attached hydrogens (tertiary/aromatic N) is 1. The first-order valence-corrected chi connectivity index (χ1v) is 9.37. The van der Waals surface area contributed by atoms with Gasteiger partial charge < -0.3 is 15.0 Å². The standard InChI is InChI=1S/C20H23N3O4/c1-11-3-5-16-14(9-11)15-10-13(4-6-17(15)22-16)19(25)27-12(2)18(24)23-8-7-21-20(23)26/h4,6,10-12,22H,3,5,7-9H2,1-2H3,(H,21,26)/t11-,12-/m0/s1. The highest BCUT2D eigenvalue weighted by atomic mass is 16.5. The van der Waals surface area contributed by atoms with Gasteiger partial charge in [0.15, 0.2) is 6.10 Å². The van der Waals surface area contributed by atoms with E-state index >= 15 is 0 Å². The van der Waals surface area contributed by atoms with Gasteiger partial charge in [-0.25, -0.2) is 9.59 Å². The predicted octanol–water partition coefficient (Wildman–Crippen LogP) is 2.39. The molecule has 0 bridgehead atoms. The minimum absolute atomic E-state index is 0.291. The van der Waals surface area contributed by atoms with Crippen LogP contribution in [0.1, 0.15) is 41.9 Å². The molecule has 3 amide bonds. The summed E-state index contributed by atoms with van der Waals surface area (Å²) in [6.07, 6.45) is 2.16. The summed E-state index contributed by atoms with van der Waals surface area (Å²) in [4.78, 5) is 41.0. The molecule has 0 radical (unpaired) electrons. The van der Waals surface area contributed by atoms with Crippen LogP contribution in [-0.4, -0.2) is 47.0 Å². The fourth-order valence-corrected chi connectivity index (χ4v) is 3.90. The second kappa shape index (κ2) is 6.72. The fourth-order valence-electron chi connectivity index (χ4n) is 3.90. The number of amides is 3. The first kappa shape index (κ1) is 17.6. The van der Waals surface area contributed by atoms with Crippen molar-refractivity contribution in [3.63, 3.8) is 0 Å². The SMILES string of the molecule is C[C@H]1CCc2[nH]c3ccc(C(=O)O[C@@H](C)C(=O)N4CCNC4=O)cc3c2C1. The maximum atomic E-state index is 12.6. The number of esters is 1. The van der Waals surface area contributed by atoms with Crippen LogP contribution in [0.15, 0.2) is 18.2 Å². The summed E-state index contributed by atoms with van der Waals surface area (Å²) in [5.74, 6) is -0.445. The lowest BCUT2D eigenvalue weighted by molar-refractivity contribution is -0.136. The summed E-state index contributed by atoms with van der Waals surface area (Å²) in [7, 11) is 0. The van der Waals surface area contributed by atoms with E-state index in [1.165, 1.54) is 24.6 Å². The summed E-state index contributed by atoms with van der Waals surface area (Å²) in [5.41, 5.74) is 3.95. The van der Waals surface area contributed by atoms with E-state index in [0.29, 0.717) is 24.6 Å². The van der Waals surface area contributed by atoms with Crippen molar-refractivity contribution in [1.82, 2.24) is 15.2 Å². The molecule has 1 aromatic carbocycles. The number of H-pyrrole nitrogens is 1. The molecule has 0 spiro atoms. The van der Waals surface area contributed by atoms with Gasteiger partial charge in [0.2, 0.25) is 0 Å². The quantitative estimate of drug-likeness (QED) is 0.813. The highest BCUT2D eigenvalue weighted by molar-refractivity contribution is 6.00. The summed E-state index contributed by atoms with van der Waals surface area (Å²) < 4.78 is 5.33. The molecule has 2 aromatic rings. The number of fused-ring (bicyclic) bond motifs is 3. The zero-order valence-corrected chi connectivity index (χ0v) is 15.5. The van der Waals surface area contributed by atoms with Crippen molar-refractivity contribution in [3.05, 3.63) is 35.0 Å². The molecule has 0 saturated carbocycles. The number of carbonyl (C=O) groups excluding carboxylic acids is 3. The Bertz CT molecular complexity index is 933. The minimum Gasteiger partial charge on any atom is -0.449 e. The molecule has 1 aromatic heterocycles. The van der Waals surface area contributed by atoms with Crippen LogP contribution < -0.4 is 5.32 Å². The van der Waals surface area contributed by atoms with Crippen LogP contribution in [0, 0.1) is 5.92 Å². The van der Waals surface area contributed by atoms with E-state index in [1.807, 2.05) is 12.1 Å². The van der Waals surface area contributed by atoms with Crippen molar-refractivity contribution in [3.8, 4) is 0 Å². The number of aromatic nitrogens is 1. The van der Waals surface area contributed by atoms with Gasteiger partial charge in [-0.15, -0.1) is 0 Å². The molecule has 142 valence electrons. The van der Waals surface area contributed by atoms with Gasteiger partial charge in [0, 0.05) is 29.7 Å². The van der Waals surface area contributed by atoms with Gasteiger partial charge in [0.25, 0.3) is 5.91 Å². The second-order valence-electron chi connectivity index (χ2n) is 7.46. The number of ether oxygens (including phenoxy) is 1. The Hall–Kier alpha value is -2.83. The zero-order valence-electron chi connectivity index (χ0n) is 15.5. The Balaban J connectivity index is 1.53. The second-order valence-corrected chi connectivity index (χ2v) is 7.46. The van der Waals surface area contributed by atoms with Crippen molar-refractivity contribution >= 4 is 28.8 Å². The molecule has 2 heterocycles. The van der Waals surface area contributed by atoms with E-state index in [4.69, 9.17) is 4.74 Å². The fraction of sp³-hybridized carbons (Fsp3) is 0.450. The third kappa shape index (κ3) is 3.18. The van der Waals surface area contributed by atoms with Gasteiger partial charge in [0.1, 0.15) is 0 Å². The Morgan fingerprint density at radius 1 is 1.33 bits per heavy atom. The van der Waals surface area contributed by atoms with Crippen LogP contribution in [-0.2, 0) is 22.4 Å². The number of hydrogen-bond donors (Lipinski definition) is 2. The molecule has 0 unspecified atom stereocenters. The molecular formula is C20H23N3O4. The minimum atomic E-state index is -1.02. The van der Waals surface area contributed by atoms with E-state index in [-0.39, 0.29) is 0 Å². The van der Waals surface area contributed by atoms with E-state index in [2.05, 4.69) is 17.2 Å². The van der Waals surface area contributed by atoms with Crippen LogP contribution in [0.5, 0.6) is 0 Å². The number of benzene rings is 1. The first-order valence-electron chi connectivity index (χ1n) is 9.37. The maximum absolute atomic E-state index is 12.6. The third-order valence-electron chi connectivity index (χ3n) is 5.42. The highest BCUT2D eigenvalue weighted by Gasteiger charge is 2.32. The zero-order chi connectivity index (χ0) is 19.1. The van der Waals surface area contributed by atoms with Crippen molar-refractivity contribution in [2.45, 2.75) is 39.2 Å². The van der Waals surface area contributed by atoms with Crippen LogP contribution in [0.4, 0.5) is 4.79 Å². The predicted molar refractivity (Wildman–Crippen MR) is 99.5 cm³/mol. The van der Waals surface area contributed by atoms with Crippen LogP contribution in [0.25, 0.3) is 10.9 Å². The van der Waals surface area contributed by atoms with Crippen molar-refractivity contribution in [1.29, 1.82) is 0 Å². The number of hydrogen-bond acceptors (Lipinski definition) is 4. The lowest BCUT2D eigenvalue weighted by Gasteiger charge is -2.18. The van der Waals surface area contributed by atoms with E-state index < -0.39 is 24.0 Å². The summed E-state index contributed by atoms with van der Waals surface area (Å²) in [6.45, 7) is 4.43. The topological polar surface area (TPSA) is 91.5 Å². The molecule has 4 rings (SSSR count). The van der Waals surface area contributed by atoms with Gasteiger partial charge in [-0.2, -0.15) is 0 Å². The van der Waals surface area contributed by atoms with Gasteiger partial charge in [-0.3, -0.25) is 9.69 Å². The first-order chi connectivity index (χ1) is 12.9. The number of nitrogens with one attached hydrogen (secondary N) is 2. The number of rotatable bonds is 3. The van der Waals surface area contributed by atoms with E-state index in [0.717, 1.165) is 28.6 Å². The van der Waals surface area contributed by atoms with Crippen LogP contribution in [0.3, 0.4) is 0 Å². The molecule has 1 saturated heterocycles. The summed E-state index contributed by atoms with van der Waals surface area (Å²) in [5, 5.41) is 3.61. The molecule has 7 heteroatoms. The smallest absolute Gasteiger partial charge is 0.338 e. The van der Waals surface area contributed by atoms with Crippen molar-refractivity contribution in [2.75, 3.05) is 13.1 Å². The van der Waals surface area contributed by atoms with Crippen LogP contribution >= 0.6 is 0 Å². The van der Waals surface area contributed by atoms with Gasteiger partial charge in [-0.1, -0.05) is 6.92 Å². The lowest BCUT2D eigenvalue weighted by Crippen LogP contribution is -2.41. The van der Waals surface area contributed by atoms with Crippen molar-refractivity contribution in [2.24, 2.45) is 5.92 Å². The molecule has 1 aliphatic carbocycles. The Morgan fingerprint density at radius 3 is 2.89 bits per heavy atom. The largest absolute Gasteiger partial charge is 0.449 e. The maximum Gasteiger partial charge on any atom is 0.338 e. The van der Waals surface area contributed by atoms with Crippen LogP contribution in [0.2, 0.25) is 0 Å². The average molecular weight is 369 g/mol. The van der Waals surface area contributed by atoms with Gasteiger partial charge >= 0.3 is 12.0 Å². The van der Waals surface area contributed by atoms with E-state index in [1.54, 1.807) is 6.07 Å². The third-order valence-corrected chi connectivity index (χ3v) is 5.42. The lowest BCUT2D eigenvalue weighted by atomic mass is 9.87. The number of imide groups is 1.